The Morgan fingerprint density at radius 1 is 0.895 bits per heavy atom. The number of carbonyl (C=O) groups is 5. The number of hydrogen-bond donors (Lipinski definition) is 5. The molecule has 1 aromatic rings. The van der Waals surface area contributed by atoms with Crippen molar-refractivity contribution in [3.63, 3.8) is 0 Å². The van der Waals surface area contributed by atoms with Gasteiger partial charge in [0.25, 0.3) is 0 Å². The number of rotatable bonds is 13. The molecule has 5 N–H and O–H groups in total. The first kappa shape index (κ1) is 33.1. The topological polar surface area (TPSA) is 155 Å². The molecule has 0 spiro atoms. The molecule has 0 bridgehead atoms. The fourth-order valence-corrected chi connectivity index (χ4v) is 3.25. The van der Waals surface area contributed by atoms with Gasteiger partial charge in [0, 0.05) is 25.2 Å². The molecule has 0 unspecified atom stereocenters. The largest absolute Gasteiger partial charge is 0.445 e. The smallest absolute Gasteiger partial charge is 0.407 e. The molecule has 38 heavy (non-hydrogen) atoms. The number of alkyl carbamates (subject to hydrolysis) is 1. The van der Waals surface area contributed by atoms with Crippen LogP contribution in [-0.4, -0.2) is 59.3 Å². The maximum atomic E-state index is 12.8. The second kappa shape index (κ2) is 16.1. The predicted octanol–water partition coefficient (Wildman–Crippen LogP) is 2.48. The van der Waals surface area contributed by atoms with Gasteiger partial charge >= 0.3 is 6.09 Å². The van der Waals surface area contributed by atoms with E-state index in [4.69, 9.17) is 4.74 Å². The van der Waals surface area contributed by atoms with Crippen molar-refractivity contribution in [1.82, 2.24) is 21.3 Å². The quantitative estimate of drug-likeness (QED) is 0.164. The lowest BCUT2D eigenvalue weighted by Crippen LogP contribution is -2.54. The Hall–Kier alpha value is -2.90. The maximum Gasteiger partial charge on any atom is 0.407 e. The normalized spacial score (nSPS) is 12.6. The molecule has 212 valence electrons. The number of hydrogen-bond acceptors (Lipinski definition) is 6. The van der Waals surface area contributed by atoms with Crippen molar-refractivity contribution >= 4 is 58.0 Å². The summed E-state index contributed by atoms with van der Waals surface area (Å²) >= 11 is 1.93. The first-order valence-corrected chi connectivity index (χ1v) is 14.0. The number of alkyl halides is 1. The van der Waals surface area contributed by atoms with Crippen molar-refractivity contribution in [2.75, 3.05) is 22.8 Å². The summed E-state index contributed by atoms with van der Waals surface area (Å²) in [6.07, 6.45) is -0.460. The van der Waals surface area contributed by atoms with Gasteiger partial charge in [-0.05, 0) is 36.0 Å². The van der Waals surface area contributed by atoms with Gasteiger partial charge in [-0.2, -0.15) is 0 Å². The highest BCUT2D eigenvalue weighted by Gasteiger charge is 2.27. The number of nitrogens with one attached hydrogen (secondary N) is 5. The summed E-state index contributed by atoms with van der Waals surface area (Å²) in [6, 6.07) is 5.10. The van der Waals surface area contributed by atoms with E-state index in [-0.39, 0.29) is 42.7 Å². The number of halogens is 1. The van der Waals surface area contributed by atoms with Crippen LogP contribution in [0.1, 0.15) is 53.5 Å². The van der Waals surface area contributed by atoms with Crippen LogP contribution in [0.5, 0.6) is 0 Å². The van der Waals surface area contributed by atoms with E-state index in [9.17, 15) is 24.0 Å². The van der Waals surface area contributed by atoms with E-state index in [1.165, 1.54) is 0 Å². The zero-order valence-corrected chi connectivity index (χ0v) is 25.1. The lowest BCUT2D eigenvalue weighted by Gasteiger charge is -2.24. The van der Waals surface area contributed by atoms with E-state index in [2.05, 4.69) is 26.6 Å². The van der Waals surface area contributed by atoms with E-state index in [1.807, 2.05) is 43.4 Å². The number of ether oxygens (including phenoxy) is 1. The van der Waals surface area contributed by atoms with Crippen LogP contribution >= 0.6 is 22.6 Å². The SMILES string of the molecule is CC(C)[C@H](NC(=O)CCNC(=O)CI)C(=O)N[C@@H](C)C(=O)Nc1ccc(COC(=O)NCC(C)(C)C)cc1. The molecule has 0 aliphatic heterocycles. The third-order valence-corrected chi connectivity index (χ3v) is 5.86. The molecular weight excluding hydrogens is 605 g/mol. The van der Waals surface area contributed by atoms with Crippen LogP contribution in [0, 0.1) is 11.3 Å². The van der Waals surface area contributed by atoms with Crippen LogP contribution in [0.15, 0.2) is 24.3 Å². The Bertz CT molecular complexity index is 962. The van der Waals surface area contributed by atoms with Crippen molar-refractivity contribution in [3.05, 3.63) is 29.8 Å². The second-order valence-electron chi connectivity index (χ2n) is 10.4. The van der Waals surface area contributed by atoms with Crippen LogP contribution in [0.4, 0.5) is 10.5 Å². The molecule has 0 aliphatic rings. The zero-order chi connectivity index (χ0) is 28.9. The van der Waals surface area contributed by atoms with Gasteiger partial charge in [-0.15, -0.1) is 0 Å². The third-order valence-electron chi connectivity index (χ3n) is 5.17. The lowest BCUT2D eigenvalue weighted by molar-refractivity contribution is -0.131. The van der Waals surface area contributed by atoms with Gasteiger partial charge in [0.1, 0.15) is 18.7 Å². The minimum Gasteiger partial charge on any atom is -0.445 e. The highest BCUT2D eigenvalue weighted by molar-refractivity contribution is 14.1. The van der Waals surface area contributed by atoms with Crippen molar-refractivity contribution in [2.45, 2.75) is 66.7 Å². The van der Waals surface area contributed by atoms with Gasteiger partial charge in [-0.3, -0.25) is 19.2 Å². The number of benzene rings is 1. The molecule has 0 aromatic heterocycles. The summed E-state index contributed by atoms with van der Waals surface area (Å²) < 4.78 is 5.50. The van der Waals surface area contributed by atoms with Gasteiger partial charge in [0.15, 0.2) is 0 Å². The Labute approximate surface area is 238 Å². The van der Waals surface area contributed by atoms with Gasteiger partial charge < -0.3 is 31.3 Å². The molecule has 1 aromatic carbocycles. The average Bonchev–Trinajstić information content (AvgIpc) is 2.84. The third kappa shape index (κ3) is 13.6. The summed E-state index contributed by atoms with van der Waals surface area (Å²) in [5.74, 6) is -1.67. The summed E-state index contributed by atoms with van der Waals surface area (Å²) in [6.45, 7) is 11.9. The van der Waals surface area contributed by atoms with Gasteiger partial charge in [-0.1, -0.05) is 69.3 Å². The molecule has 0 fully saturated rings. The summed E-state index contributed by atoms with van der Waals surface area (Å²) in [7, 11) is 0. The molecule has 2 atom stereocenters. The van der Waals surface area contributed by atoms with Crippen molar-refractivity contribution < 1.29 is 28.7 Å². The summed E-state index contributed by atoms with van der Waals surface area (Å²) in [5.41, 5.74) is 1.21. The van der Waals surface area contributed by atoms with E-state index in [0.29, 0.717) is 16.7 Å². The number of carbonyl (C=O) groups excluding carboxylic acids is 5. The fourth-order valence-electron chi connectivity index (χ4n) is 2.98. The standard InChI is InChI=1S/C26H40IN5O6/c1-16(2)22(32-20(33)11-12-28-21(34)13-27)24(36)30-17(3)23(35)31-19-9-7-18(8-10-19)14-38-25(37)29-15-26(4,5)6/h7-10,16-17,22H,11-15H2,1-6H3,(H,28,34)(H,29,37)(H,30,36)(H,31,35)(H,32,33)/t17-,22-/m0/s1. The molecule has 0 radical (unpaired) electrons. The van der Waals surface area contributed by atoms with Crippen LogP contribution in [-0.2, 0) is 30.5 Å². The minimum absolute atomic E-state index is 0.0392. The highest BCUT2D eigenvalue weighted by atomic mass is 127. The van der Waals surface area contributed by atoms with Crippen LogP contribution in [0.25, 0.3) is 0 Å². The monoisotopic (exact) mass is 645 g/mol. The first-order valence-electron chi connectivity index (χ1n) is 12.4. The predicted molar refractivity (Wildman–Crippen MR) is 154 cm³/mol. The molecule has 0 saturated heterocycles. The Balaban J connectivity index is 2.55. The van der Waals surface area contributed by atoms with Crippen LogP contribution < -0.4 is 26.6 Å². The molecule has 0 heterocycles. The molecule has 0 saturated carbocycles. The van der Waals surface area contributed by atoms with Crippen molar-refractivity contribution in [3.8, 4) is 0 Å². The number of amides is 5. The average molecular weight is 646 g/mol. The van der Waals surface area contributed by atoms with E-state index < -0.39 is 30.0 Å². The number of anilines is 1. The lowest BCUT2D eigenvalue weighted by atomic mass is 9.97. The van der Waals surface area contributed by atoms with Crippen molar-refractivity contribution in [1.29, 1.82) is 0 Å². The van der Waals surface area contributed by atoms with Gasteiger partial charge in [0.05, 0.1) is 4.43 Å². The van der Waals surface area contributed by atoms with Crippen molar-refractivity contribution in [2.24, 2.45) is 11.3 Å². The molecule has 5 amide bonds. The minimum atomic E-state index is -0.863. The second-order valence-corrected chi connectivity index (χ2v) is 11.2. The van der Waals surface area contributed by atoms with Gasteiger partial charge in [0.2, 0.25) is 23.6 Å². The molecular formula is C26H40IN5O6. The van der Waals surface area contributed by atoms with Gasteiger partial charge in [-0.25, -0.2) is 4.79 Å². The first-order chi connectivity index (χ1) is 17.7. The van der Waals surface area contributed by atoms with Crippen LogP contribution in [0.2, 0.25) is 0 Å². The zero-order valence-electron chi connectivity index (χ0n) is 22.9. The molecule has 1 rings (SSSR count). The maximum absolute atomic E-state index is 12.8. The molecule has 0 aliphatic carbocycles. The Kier molecular flexibility index (Phi) is 14.1. The van der Waals surface area contributed by atoms with E-state index in [1.54, 1.807) is 45.0 Å². The fraction of sp³-hybridized carbons (Fsp3) is 0.577. The molecule has 12 heteroatoms. The summed E-state index contributed by atoms with van der Waals surface area (Å²) in [4.78, 5) is 60.7. The Morgan fingerprint density at radius 3 is 2.08 bits per heavy atom. The summed E-state index contributed by atoms with van der Waals surface area (Å²) in [5, 5.41) is 13.3. The van der Waals surface area contributed by atoms with E-state index in [0.717, 1.165) is 5.56 Å². The highest BCUT2D eigenvalue weighted by Crippen LogP contribution is 2.13. The van der Waals surface area contributed by atoms with Crippen LogP contribution in [0.3, 0.4) is 0 Å². The molecule has 11 nitrogen and oxygen atoms in total. The Morgan fingerprint density at radius 2 is 1.53 bits per heavy atom. The van der Waals surface area contributed by atoms with E-state index >= 15 is 0 Å².